The molecule has 1 amide bonds. The summed E-state index contributed by atoms with van der Waals surface area (Å²) < 4.78 is 2.06. The molecule has 0 fully saturated rings. The van der Waals surface area contributed by atoms with Gasteiger partial charge in [-0.25, -0.2) is 0 Å². The van der Waals surface area contributed by atoms with Crippen LogP contribution < -0.4 is 5.56 Å². The molecular formula is C12H15BrN2O2. The van der Waals surface area contributed by atoms with E-state index >= 15 is 0 Å². The average Bonchev–Trinajstić information content (AvgIpc) is 2.33. The minimum Gasteiger partial charge on any atom is -0.336 e. The molecule has 2 rings (SSSR count). The van der Waals surface area contributed by atoms with Gasteiger partial charge in [-0.2, -0.15) is 0 Å². The SMILES string of the molecule is CCCCN1CCn2c(ccc(Br)c2=O)C1=O. The minimum atomic E-state index is -0.119. The van der Waals surface area contributed by atoms with Gasteiger partial charge in [0.05, 0.1) is 4.47 Å². The second-order valence-corrected chi connectivity index (χ2v) is 5.02. The highest BCUT2D eigenvalue weighted by Gasteiger charge is 2.24. The van der Waals surface area contributed by atoms with Crippen LogP contribution in [0.1, 0.15) is 30.3 Å². The number of aromatic nitrogens is 1. The second-order valence-electron chi connectivity index (χ2n) is 4.17. The van der Waals surface area contributed by atoms with E-state index in [1.807, 2.05) is 4.90 Å². The molecule has 1 aliphatic rings. The van der Waals surface area contributed by atoms with Crippen molar-refractivity contribution in [1.29, 1.82) is 0 Å². The molecule has 17 heavy (non-hydrogen) atoms. The fourth-order valence-electron chi connectivity index (χ4n) is 2.01. The molecule has 0 bridgehead atoms. The lowest BCUT2D eigenvalue weighted by Crippen LogP contribution is -2.44. The Balaban J connectivity index is 2.31. The predicted molar refractivity (Wildman–Crippen MR) is 69.2 cm³/mol. The summed E-state index contributed by atoms with van der Waals surface area (Å²) in [7, 11) is 0. The topological polar surface area (TPSA) is 42.3 Å². The molecule has 0 saturated heterocycles. The van der Waals surface area contributed by atoms with Gasteiger partial charge >= 0.3 is 0 Å². The van der Waals surface area contributed by atoms with Crippen LogP contribution in [0, 0.1) is 0 Å². The fourth-order valence-corrected chi connectivity index (χ4v) is 2.35. The molecule has 0 aliphatic carbocycles. The van der Waals surface area contributed by atoms with Crippen molar-refractivity contribution >= 4 is 21.8 Å². The highest BCUT2D eigenvalue weighted by molar-refractivity contribution is 9.10. The number of amides is 1. The summed E-state index contributed by atoms with van der Waals surface area (Å²) in [6.07, 6.45) is 2.07. The van der Waals surface area contributed by atoms with Crippen molar-refractivity contribution in [2.75, 3.05) is 13.1 Å². The number of rotatable bonds is 3. The summed E-state index contributed by atoms with van der Waals surface area (Å²) in [6, 6.07) is 3.36. The van der Waals surface area contributed by atoms with E-state index in [0.29, 0.717) is 23.3 Å². The number of carbonyl (C=O) groups is 1. The van der Waals surface area contributed by atoms with Crippen molar-refractivity contribution in [3.05, 3.63) is 32.7 Å². The lowest BCUT2D eigenvalue weighted by atomic mass is 10.2. The third kappa shape index (κ3) is 2.29. The first-order valence-corrected chi connectivity index (χ1v) is 6.63. The maximum Gasteiger partial charge on any atom is 0.270 e. The summed E-state index contributed by atoms with van der Waals surface area (Å²) in [5.74, 6) is -0.0331. The Kier molecular flexibility index (Phi) is 3.66. The van der Waals surface area contributed by atoms with Crippen LogP contribution in [0.15, 0.2) is 21.4 Å². The summed E-state index contributed by atoms with van der Waals surface area (Å²) in [5.41, 5.74) is 0.381. The summed E-state index contributed by atoms with van der Waals surface area (Å²) >= 11 is 3.19. The van der Waals surface area contributed by atoms with E-state index in [2.05, 4.69) is 22.9 Å². The second kappa shape index (κ2) is 5.04. The lowest BCUT2D eigenvalue weighted by molar-refractivity contribution is 0.0698. The Hall–Kier alpha value is -1.10. The molecule has 92 valence electrons. The van der Waals surface area contributed by atoms with Gasteiger partial charge < -0.3 is 9.47 Å². The first-order chi connectivity index (χ1) is 8.15. The Morgan fingerprint density at radius 1 is 1.29 bits per heavy atom. The standard InChI is InChI=1S/C12H15BrN2O2/c1-2-3-6-14-7-8-15-10(12(14)17)5-4-9(13)11(15)16/h4-5H,2-3,6-8H2,1H3. The van der Waals surface area contributed by atoms with Gasteiger partial charge in [0.15, 0.2) is 0 Å². The van der Waals surface area contributed by atoms with Gasteiger partial charge in [-0.3, -0.25) is 9.59 Å². The molecule has 1 aromatic rings. The van der Waals surface area contributed by atoms with Crippen LogP contribution in [-0.2, 0) is 6.54 Å². The summed E-state index contributed by atoms with van der Waals surface area (Å²) in [5, 5.41) is 0. The smallest absolute Gasteiger partial charge is 0.270 e. The van der Waals surface area contributed by atoms with E-state index in [1.54, 1.807) is 16.7 Å². The van der Waals surface area contributed by atoms with E-state index in [1.165, 1.54) is 0 Å². The van der Waals surface area contributed by atoms with Gasteiger partial charge in [0.2, 0.25) is 0 Å². The van der Waals surface area contributed by atoms with E-state index in [4.69, 9.17) is 0 Å². The van der Waals surface area contributed by atoms with Crippen LogP contribution in [0.2, 0.25) is 0 Å². The van der Waals surface area contributed by atoms with Gasteiger partial charge in [0.25, 0.3) is 11.5 Å². The number of nitrogens with zero attached hydrogens (tertiary/aromatic N) is 2. The molecule has 1 aromatic heterocycles. The molecular weight excluding hydrogens is 284 g/mol. The maximum atomic E-state index is 12.1. The van der Waals surface area contributed by atoms with Crippen LogP contribution in [0.4, 0.5) is 0 Å². The molecule has 0 N–H and O–H groups in total. The lowest BCUT2D eigenvalue weighted by Gasteiger charge is -2.29. The predicted octanol–water partition coefficient (Wildman–Crippen LogP) is 1.87. The van der Waals surface area contributed by atoms with E-state index < -0.39 is 0 Å². The van der Waals surface area contributed by atoms with Crippen LogP contribution in [0.5, 0.6) is 0 Å². The van der Waals surface area contributed by atoms with Gasteiger partial charge in [-0.1, -0.05) is 13.3 Å². The van der Waals surface area contributed by atoms with Crippen LogP contribution >= 0.6 is 15.9 Å². The number of pyridine rings is 1. The zero-order valence-corrected chi connectivity index (χ0v) is 11.4. The van der Waals surface area contributed by atoms with E-state index in [0.717, 1.165) is 19.4 Å². The van der Waals surface area contributed by atoms with Crippen molar-refractivity contribution in [1.82, 2.24) is 9.47 Å². The molecule has 0 saturated carbocycles. The first kappa shape index (κ1) is 12.4. The molecule has 2 heterocycles. The Labute approximate surface area is 108 Å². The minimum absolute atomic E-state index is 0.0331. The van der Waals surface area contributed by atoms with Crippen LogP contribution in [0.25, 0.3) is 0 Å². The monoisotopic (exact) mass is 298 g/mol. The molecule has 0 atom stereocenters. The Bertz CT molecular complexity index is 496. The van der Waals surface area contributed by atoms with Gasteiger partial charge in [-0.05, 0) is 34.5 Å². The molecule has 0 aromatic carbocycles. The van der Waals surface area contributed by atoms with Crippen molar-refractivity contribution < 1.29 is 4.79 Å². The normalized spacial score (nSPS) is 14.9. The fraction of sp³-hybridized carbons (Fsp3) is 0.500. The summed E-state index contributed by atoms with van der Waals surface area (Å²) in [6.45, 7) is 4.09. The number of halogens is 1. The van der Waals surface area contributed by atoms with Gasteiger partial charge in [0, 0.05) is 19.6 Å². The quantitative estimate of drug-likeness (QED) is 0.855. The number of fused-ring (bicyclic) bond motifs is 1. The molecule has 5 heteroatoms. The van der Waals surface area contributed by atoms with Crippen molar-refractivity contribution in [3.63, 3.8) is 0 Å². The summed E-state index contributed by atoms with van der Waals surface area (Å²) in [4.78, 5) is 25.8. The highest BCUT2D eigenvalue weighted by Crippen LogP contribution is 2.13. The number of carbonyl (C=O) groups excluding carboxylic acids is 1. The zero-order valence-electron chi connectivity index (χ0n) is 9.78. The van der Waals surface area contributed by atoms with E-state index in [9.17, 15) is 9.59 Å². The molecule has 0 unspecified atom stereocenters. The maximum absolute atomic E-state index is 12.1. The highest BCUT2D eigenvalue weighted by atomic mass is 79.9. The average molecular weight is 299 g/mol. The molecule has 1 aliphatic heterocycles. The zero-order chi connectivity index (χ0) is 12.4. The molecule has 0 spiro atoms. The number of unbranched alkanes of at least 4 members (excludes halogenated alkanes) is 1. The first-order valence-electron chi connectivity index (χ1n) is 5.83. The Morgan fingerprint density at radius 2 is 2.06 bits per heavy atom. The number of hydrogen-bond donors (Lipinski definition) is 0. The van der Waals surface area contributed by atoms with E-state index in [-0.39, 0.29) is 11.5 Å². The molecule has 0 radical (unpaired) electrons. The van der Waals surface area contributed by atoms with Crippen LogP contribution in [-0.4, -0.2) is 28.5 Å². The van der Waals surface area contributed by atoms with Crippen molar-refractivity contribution in [2.45, 2.75) is 26.3 Å². The van der Waals surface area contributed by atoms with Crippen molar-refractivity contribution in [2.24, 2.45) is 0 Å². The van der Waals surface area contributed by atoms with Crippen molar-refractivity contribution in [3.8, 4) is 0 Å². The van der Waals surface area contributed by atoms with Gasteiger partial charge in [0.1, 0.15) is 5.69 Å². The largest absolute Gasteiger partial charge is 0.336 e. The van der Waals surface area contributed by atoms with Crippen LogP contribution in [0.3, 0.4) is 0 Å². The Morgan fingerprint density at radius 3 is 2.76 bits per heavy atom. The molecule has 4 nitrogen and oxygen atoms in total. The third-order valence-corrected chi connectivity index (χ3v) is 3.61. The third-order valence-electron chi connectivity index (χ3n) is 3.01. The number of hydrogen-bond acceptors (Lipinski definition) is 2. The van der Waals surface area contributed by atoms with Gasteiger partial charge in [-0.15, -0.1) is 0 Å².